The standard InChI is InChI=1S/C19H22N2O3S2/c1-2-15-10-16-17(26-15)20-19(25-12-14-6-3-4-8-24-14)21(18(16)22)11-13-7-5-9-23-13/h5,7,9-10,14H,2-4,6,8,11-12H2,1H3/t14-/m0/s1. The van der Waals surface area contributed by atoms with Gasteiger partial charge in [-0.3, -0.25) is 9.36 Å². The number of nitrogens with zero attached hydrogens (tertiary/aromatic N) is 2. The Hall–Kier alpha value is -1.57. The first-order valence-corrected chi connectivity index (χ1v) is 10.8. The summed E-state index contributed by atoms with van der Waals surface area (Å²) in [6.07, 6.45) is 6.22. The molecule has 0 saturated carbocycles. The summed E-state index contributed by atoms with van der Waals surface area (Å²) in [4.78, 5) is 19.9. The van der Waals surface area contributed by atoms with Crippen molar-refractivity contribution in [3.8, 4) is 0 Å². The first-order valence-electron chi connectivity index (χ1n) is 9.04. The van der Waals surface area contributed by atoms with Gasteiger partial charge < -0.3 is 9.15 Å². The Labute approximate surface area is 160 Å². The fraction of sp³-hybridized carbons (Fsp3) is 0.474. The van der Waals surface area contributed by atoms with E-state index in [-0.39, 0.29) is 11.7 Å². The molecule has 0 bridgehead atoms. The van der Waals surface area contributed by atoms with E-state index in [9.17, 15) is 4.79 Å². The summed E-state index contributed by atoms with van der Waals surface area (Å²) >= 11 is 3.22. The number of furan rings is 1. The van der Waals surface area contributed by atoms with Crippen molar-refractivity contribution in [1.29, 1.82) is 0 Å². The fourth-order valence-corrected chi connectivity index (χ4v) is 5.21. The maximum atomic E-state index is 13.1. The summed E-state index contributed by atoms with van der Waals surface area (Å²) in [6, 6.07) is 5.71. The van der Waals surface area contributed by atoms with Crippen LogP contribution in [0.25, 0.3) is 10.2 Å². The molecule has 0 unspecified atom stereocenters. The minimum atomic E-state index is 0.00872. The highest BCUT2D eigenvalue weighted by molar-refractivity contribution is 7.99. The molecule has 3 aromatic heterocycles. The number of aryl methyl sites for hydroxylation is 1. The second-order valence-corrected chi connectivity index (χ2v) is 8.55. The van der Waals surface area contributed by atoms with Gasteiger partial charge in [-0.2, -0.15) is 0 Å². The number of hydrogen-bond donors (Lipinski definition) is 0. The third kappa shape index (κ3) is 3.75. The molecule has 1 aliphatic rings. The minimum absolute atomic E-state index is 0.00872. The molecular formula is C19H22N2O3S2. The minimum Gasteiger partial charge on any atom is -0.467 e. The van der Waals surface area contributed by atoms with Crippen molar-refractivity contribution < 1.29 is 9.15 Å². The monoisotopic (exact) mass is 390 g/mol. The molecule has 26 heavy (non-hydrogen) atoms. The predicted molar refractivity (Wildman–Crippen MR) is 105 cm³/mol. The molecule has 1 aliphatic heterocycles. The molecule has 0 radical (unpaired) electrons. The Morgan fingerprint density at radius 2 is 2.35 bits per heavy atom. The van der Waals surface area contributed by atoms with Crippen LogP contribution in [0, 0.1) is 0 Å². The normalized spacial score (nSPS) is 17.8. The zero-order valence-corrected chi connectivity index (χ0v) is 16.4. The second kappa shape index (κ2) is 7.98. The highest BCUT2D eigenvalue weighted by atomic mass is 32.2. The first-order chi connectivity index (χ1) is 12.7. The van der Waals surface area contributed by atoms with E-state index in [2.05, 4.69) is 6.92 Å². The van der Waals surface area contributed by atoms with Crippen molar-refractivity contribution in [2.45, 2.75) is 50.4 Å². The van der Waals surface area contributed by atoms with Gasteiger partial charge in [0.2, 0.25) is 0 Å². The Kier molecular flexibility index (Phi) is 5.47. The number of ether oxygens (including phenoxy) is 1. The maximum absolute atomic E-state index is 13.1. The number of rotatable bonds is 6. The van der Waals surface area contributed by atoms with Gasteiger partial charge in [0.15, 0.2) is 5.16 Å². The van der Waals surface area contributed by atoms with E-state index in [1.54, 1.807) is 33.9 Å². The van der Waals surface area contributed by atoms with E-state index in [1.165, 1.54) is 11.3 Å². The Morgan fingerprint density at radius 3 is 3.08 bits per heavy atom. The lowest BCUT2D eigenvalue weighted by Crippen LogP contribution is -2.25. The number of thiophene rings is 1. The van der Waals surface area contributed by atoms with Gasteiger partial charge in [0, 0.05) is 17.2 Å². The summed E-state index contributed by atoms with van der Waals surface area (Å²) in [6.45, 7) is 3.34. The molecule has 1 atom stereocenters. The SMILES string of the molecule is CCc1cc2c(=O)n(Cc3ccco3)c(SC[C@@H]3CCCCO3)nc2s1. The van der Waals surface area contributed by atoms with Crippen molar-refractivity contribution in [3.63, 3.8) is 0 Å². The predicted octanol–water partition coefficient (Wildman–Crippen LogP) is 4.32. The smallest absolute Gasteiger partial charge is 0.263 e. The lowest BCUT2D eigenvalue weighted by molar-refractivity contribution is 0.0315. The van der Waals surface area contributed by atoms with Gasteiger partial charge in [-0.1, -0.05) is 18.7 Å². The van der Waals surface area contributed by atoms with Crippen LogP contribution >= 0.6 is 23.1 Å². The van der Waals surface area contributed by atoms with E-state index in [0.29, 0.717) is 11.9 Å². The molecule has 1 saturated heterocycles. The maximum Gasteiger partial charge on any atom is 0.263 e. The van der Waals surface area contributed by atoms with E-state index in [4.69, 9.17) is 14.1 Å². The molecule has 1 fully saturated rings. The topological polar surface area (TPSA) is 57.3 Å². The molecule has 0 N–H and O–H groups in total. The van der Waals surface area contributed by atoms with Crippen molar-refractivity contribution in [2.24, 2.45) is 0 Å². The van der Waals surface area contributed by atoms with Crippen LogP contribution in [0.2, 0.25) is 0 Å². The Balaban J connectivity index is 1.68. The van der Waals surface area contributed by atoms with Crippen LogP contribution in [0.4, 0.5) is 0 Å². The van der Waals surface area contributed by atoms with Gasteiger partial charge in [0.05, 0.1) is 24.3 Å². The summed E-state index contributed by atoms with van der Waals surface area (Å²) in [7, 11) is 0. The Bertz CT molecular complexity index is 924. The molecule has 0 aliphatic carbocycles. The number of aromatic nitrogens is 2. The van der Waals surface area contributed by atoms with Crippen molar-refractivity contribution in [2.75, 3.05) is 12.4 Å². The average Bonchev–Trinajstić information content (AvgIpc) is 3.33. The molecule has 4 heterocycles. The fourth-order valence-electron chi connectivity index (χ4n) is 3.14. The van der Waals surface area contributed by atoms with Crippen LogP contribution in [0.1, 0.15) is 36.8 Å². The largest absolute Gasteiger partial charge is 0.467 e. The molecule has 5 nitrogen and oxygen atoms in total. The molecule has 4 rings (SSSR count). The van der Waals surface area contributed by atoms with Crippen LogP contribution in [0.5, 0.6) is 0 Å². The highest BCUT2D eigenvalue weighted by Gasteiger charge is 2.19. The van der Waals surface area contributed by atoms with Crippen LogP contribution in [0.15, 0.2) is 38.8 Å². The molecular weight excluding hydrogens is 368 g/mol. The summed E-state index contributed by atoms with van der Waals surface area (Å²) in [5, 5.41) is 1.45. The molecule has 0 aromatic carbocycles. The second-order valence-electron chi connectivity index (χ2n) is 6.45. The molecule has 0 amide bonds. The number of thioether (sulfide) groups is 1. The molecule has 3 aromatic rings. The van der Waals surface area contributed by atoms with Crippen molar-refractivity contribution in [1.82, 2.24) is 9.55 Å². The van der Waals surface area contributed by atoms with Gasteiger partial charge in [0.25, 0.3) is 5.56 Å². The van der Waals surface area contributed by atoms with Crippen LogP contribution in [-0.4, -0.2) is 28.0 Å². The van der Waals surface area contributed by atoms with Gasteiger partial charge in [-0.25, -0.2) is 4.98 Å². The van der Waals surface area contributed by atoms with Gasteiger partial charge in [0.1, 0.15) is 10.6 Å². The molecule has 138 valence electrons. The highest BCUT2D eigenvalue weighted by Crippen LogP contribution is 2.27. The van der Waals surface area contributed by atoms with E-state index in [0.717, 1.165) is 47.4 Å². The summed E-state index contributed by atoms with van der Waals surface area (Å²) in [5.74, 6) is 1.58. The van der Waals surface area contributed by atoms with Gasteiger partial charge in [-0.15, -0.1) is 11.3 Å². The van der Waals surface area contributed by atoms with Crippen molar-refractivity contribution in [3.05, 3.63) is 45.5 Å². The van der Waals surface area contributed by atoms with Crippen LogP contribution in [-0.2, 0) is 17.7 Å². The van der Waals surface area contributed by atoms with Crippen molar-refractivity contribution >= 4 is 33.3 Å². The van der Waals surface area contributed by atoms with E-state index < -0.39 is 0 Å². The molecule has 7 heteroatoms. The average molecular weight is 391 g/mol. The summed E-state index contributed by atoms with van der Waals surface area (Å²) < 4.78 is 13.0. The number of fused-ring (bicyclic) bond motifs is 1. The lowest BCUT2D eigenvalue weighted by atomic mass is 10.1. The Morgan fingerprint density at radius 1 is 1.42 bits per heavy atom. The summed E-state index contributed by atoms with van der Waals surface area (Å²) in [5.41, 5.74) is 0.00872. The first kappa shape index (κ1) is 17.8. The third-order valence-corrected chi connectivity index (χ3v) is 6.86. The molecule has 0 spiro atoms. The van der Waals surface area contributed by atoms with Crippen LogP contribution in [0.3, 0.4) is 0 Å². The lowest BCUT2D eigenvalue weighted by Gasteiger charge is -2.22. The van der Waals surface area contributed by atoms with Gasteiger partial charge in [-0.05, 0) is 43.9 Å². The van der Waals surface area contributed by atoms with E-state index >= 15 is 0 Å². The third-order valence-electron chi connectivity index (χ3n) is 4.58. The quantitative estimate of drug-likeness (QED) is 0.463. The number of hydrogen-bond acceptors (Lipinski definition) is 6. The van der Waals surface area contributed by atoms with Crippen LogP contribution < -0.4 is 5.56 Å². The van der Waals surface area contributed by atoms with Gasteiger partial charge >= 0.3 is 0 Å². The zero-order chi connectivity index (χ0) is 17.9. The van der Waals surface area contributed by atoms with E-state index in [1.807, 2.05) is 18.2 Å². The zero-order valence-electron chi connectivity index (χ0n) is 14.8.